The maximum absolute atomic E-state index is 5.59. The van der Waals surface area contributed by atoms with Crippen molar-refractivity contribution in [2.75, 3.05) is 20.2 Å². The third-order valence-electron chi connectivity index (χ3n) is 1.78. The van der Waals surface area contributed by atoms with Crippen molar-refractivity contribution in [3.63, 3.8) is 0 Å². The molecule has 0 aromatic heterocycles. The van der Waals surface area contributed by atoms with Gasteiger partial charge in [-0.3, -0.25) is 0 Å². The lowest BCUT2D eigenvalue weighted by atomic mass is 10.3. The predicted octanol–water partition coefficient (Wildman–Crippen LogP) is 0.747. The minimum atomic E-state index is -0.363. The summed E-state index contributed by atoms with van der Waals surface area (Å²) in [6, 6.07) is 0. The van der Waals surface area contributed by atoms with Gasteiger partial charge in [0.1, 0.15) is 0 Å². The van der Waals surface area contributed by atoms with Gasteiger partial charge >= 0.3 is 0 Å². The van der Waals surface area contributed by atoms with Crippen molar-refractivity contribution in [2.45, 2.75) is 32.2 Å². The molecule has 0 radical (unpaired) electrons. The molecule has 0 saturated carbocycles. The predicted molar refractivity (Wildman–Crippen MR) is 43.4 cm³/mol. The standard InChI is InChI=1S/C8H17NO2/c1-8(2)10-6-7(11-8)4-5-9-3/h7,9H,4-6H2,1-3H3/t7-/m1/s1. The van der Waals surface area contributed by atoms with E-state index in [1.807, 2.05) is 20.9 Å². The Morgan fingerprint density at radius 2 is 2.27 bits per heavy atom. The quantitative estimate of drug-likeness (QED) is 0.659. The fourth-order valence-electron chi connectivity index (χ4n) is 1.21. The van der Waals surface area contributed by atoms with Crippen molar-refractivity contribution in [1.29, 1.82) is 0 Å². The second-order valence-corrected chi connectivity index (χ2v) is 3.34. The number of ether oxygens (including phenoxy) is 2. The van der Waals surface area contributed by atoms with E-state index in [1.165, 1.54) is 0 Å². The highest BCUT2D eigenvalue weighted by Crippen LogP contribution is 2.23. The zero-order valence-electron chi connectivity index (χ0n) is 7.52. The maximum Gasteiger partial charge on any atom is 0.163 e. The fraction of sp³-hybridized carbons (Fsp3) is 1.00. The van der Waals surface area contributed by atoms with E-state index in [0.717, 1.165) is 19.6 Å². The summed E-state index contributed by atoms with van der Waals surface area (Å²) in [5, 5.41) is 3.09. The van der Waals surface area contributed by atoms with E-state index in [9.17, 15) is 0 Å². The molecule has 3 nitrogen and oxygen atoms in total. The molecule has 0 amide bonds. The third-order valence-corrected chi connectivity index (χ3v) is 1.78. The average molecular weight is 159 g/mol. The van der Waals surface area contributed by atoms with E-state index < -0.39 is 0 Å². The molecule has 0 spiro atoms. The normalized spacial score (nSPS) is 29.2. The van der Waals surface area contributed by atoms with E-state index in [2.05, 4.69) is 5.32 Å². The average Bonchev–Trinajstić information content (AvgIpc) is 2.26. The molecule has 66 valence electrons. The van der Waals surface area contributed by atoms with Crippen molar-refractivity contribution in [2.24, 2.45) is 0 Å². The van der Waals surface area contributed by atoms with Gasteiger partial charge in [0.05, 0.1) is 12.7 Å². The van der Waals surface area contributed by atoms with Crippen LogP contribution in [-0.4, -0.2) is 32.1 Å². The van der Waals surface area contributed by atoms with Crippen molar-refractivity contribution in [3.8, 4) is 0 Å². The minimum absolute atomic E-state index is 0.275. The van der Waals surface area contributed by atoms with Crippen LogP contribution in [-0.2, 0) is 9.47 Å². The zero-order valence-corrected chi connectivity index (χ0v) is 7.52. The lowest BCUT2D eigenvalue weighted by molar-refractivity contribution is -0.138. The number of nitrogens with one attached hydrogen (secondary N) is 1. The maximum atomic E-state index is 5.59. The molecule has 1 rings (SSSR count). The number of rotatable bonds is 3. The molecular formula is C8H17NO2. The number of hydrogen-bond acceptors (Lipinski definition) is 3. The summed E-state index contributed by atoms with van der Waals surface area (Å²) in [6.45, 7) is 5.62. The van der Waals surface area contributed by atoms with Crippen LogP contribution in [0.25, 0.3) is 0 Å². The first-order valence-corrected chi connectivity index (χ1v) is 4.10. The Balaban J connectivity index is 2.20. The number of hydrogen-bond donors (Lipinski definition) is 1. The van der Waals surface area contributed by atoms with Gasteiger partial charge in [0.15, 0.2) is 5.79 Å². The largest absolute Gasteiger partial charge is 0.348 e. The second-order valence-electron chi connectivity index (χ2n) is 3.34. The molecule has 0 aromatic rings. The van der Waals surface area contributed by atoms with Crippen LogP contribution in [0.4, 0.5) is 0 Å². The smallest absolute Gasteiger partial charge is 0.163 e. The SMILES string of the molecule is CNCC[C@@H]1COC(C)(C)O1. The molecule has 11 heavy (non-hydrogen) atoms. The van der Waals surface area contributed by atoms with Crippen LogP contribution in [0.5, 0.6) is 0 Å². The van der Waals surface area contributed by atoms with Gasteiger partial charge in [0.25, 0.3) is 0 Å². The van der Waals surface area contributed by atoms with Crippen LogP contribution in [0.15, 0.2) is 0 Å². The van der Waals surface area contributed by atoms with Gasteiger partial charge in [-0.15, -0.1) is 0 Å². The Bertz CT molecular complexity index is 125. The van der Waals surface area contributed by atoms with Crippen molar-refractivity contribution in [1.82, 2.24) is 5.32 Å². The Hall–Kier alpha value is -0.120. The minimum Gasteiger partial charge on any atom is -0.348 e. The summed E-state index contributed by atoms with van der Waals surface area (Å²) in [4.78, 5) is 0. The Morgan fingerprint density at radius 1 is 1.55 bits per heavy atom. The summed E-state index contributed by atoms with van der Waals surface area (Å²) < 4.78 is 11.0. The lowest BCUT2D eigenvalue weighted by Crippen LogP contribution is -2.23. The first-order chi connectivity index (χ1) is 5.14. The molecule has 3 heteroatoms. The van der Waals surface area contributed by atoms with Gasteiger partial charge in [-0.25, -0.2) is 0 Å². The van der Waals surface area contributed by atoms with Crippen LogP contribution in [0, 0.1) is 0 Å². The van der Waals surface area contributed by atoms with E-state index >= 15 is 0 Å². The van der Waals surface area contributed by atoms with Gasteiger partial charge < -0.3 is 14.8 Å². The van der Waals surface area contributed by atoms with Crippen LogP contribution in [0.3, 0.4) is 0 Å². The molecule has 1 aliphatic heterocycles. The summed E-state index contributed by atoms with van der Waals surface area (Å²) in [5.74, 6) is -0.363. The molecule has 0 bridgehead atoms. The van der Waals surface area contributed by atoms with Gasteiger partial charge in [-0.05, 0) is 33.9 Å². The molecule has 1 aliphatic rings. The van der Waals surface area contributed by atoms with Gasteiger partial charge in [-0.2, -0.15) is 0 Å². The lowest BCUT2D eigenvalue weighted by Gasteiger charge is -2.16. The van der Waals surface area contributed by atoms with Gasteiger partial charge in [0, 0.05) is 0 Å². The zero-order chi connectivity index (χ0) is 8.32. The summed E-state index contributed by atoms with van der Waals surface area (Å²) >= 11 is 0. The van der Waals surface area contributed by atoms with Crippen LogP contribution < -0.4 is 5.32 Å². The highest BCUT2D eigenvalue weighted by atomic mass is 16.7. The molecule has 1 saturated heterocycles. The highest BCUT2D eigenvalue weighted by Gasteiger charge is 2.31. The second kappa shape index (κ2) is 3.52. The molecule has 0 unspecified atom stereocenters. The van der Waals surface area contributed by atoms with Crippen molar-refractivity contribution in [3.05, 3.63) is 0 Å². The van der Waals surface area contributed by atoms with E-state index in [0.29, 0.717) is 0 Å². The van der Waals surface area contributed by atoms with Crippen LogP contribution >= 0.6 is 0 Å². The third kappa shape index (κ3) is 2.77. The monoisotopic (exact) mass is 159 g/mol. The molecule has 1 N–H and O–H groups in total. The molecule has 1 atom stereocenters. The van der Waals surface area contributed by atoms with Gasteiger partial charge in [0.2, 0.25) is 0 Å². The topological polar surface area (TPSA) is 30.5 Å². The molecule has 1 fully saturated rings. The Morgan fingerprint density at radius 3 is 2.73 bits per heavy atom. The molecular weight excluding hydrogens is 142 g/mol. The highest BCUT2D eigenvalue weighted by molar-refractivity contribution is 4.70. The molecule has 1 heterocycles. The summed E-state index contributed by atoms with van der Waals surface area (Å²) in [5.41, 5.74) is 0. The molecule has 0 aromatic carbocycles. The van der Waals surface area contributed by atoms with Gasteiger partial charge in [-0.1, -0.05) is 0 Å². The Labute approximate surface area is 68.1 Å². The van der Waals surface area contributed by atoms with Crippen LogP contribution in [0.1, 0.15) is 20.3 Å². The van der Waals surface area contributed by atoms with Crippen LogP contribution in [0.2, 0.25) is 0 Å². The van der Waals surface area contributed by atoms with Crippen molar-refractivity contribution < 1.29 is 9.47 Å². The first kappa shape index (κ1) is 8.97. The fourth-order valence-corrected chi connectivity index (χ4v) is 1.21. The summed E-state index contributed by atoms with van der Waals surface area (Å²) in [7, 11) is 1.95. The first-order valence-electron chi connectivity index (χ1n) is 4.10. The van der Waals surface area contributed by atoms with Crippen molar-refractivity contribution >= 4 is 0 Å². The molecule has 0 aliphatic carbocycles. The summed E-state index contributed by atoms with van der Waals surface area (Å²) in [6.07, 6.45) is 1.30. The van der Waals surface area contributed by atoms with E-state index in [4.69, 9.17) is 9.47 Å². The Kier molecular flexibility index (Phi) is 2.87. The van der Waals surface area contributed by atoms with E-state index in [1.54, 1.807) is 0 Å². The van der Waals surface area contributed by atoms with E-state index in [-0.39, 0.29) is 11.9 Å².